The molecule has 0 bridgehead atoms. The highest BCUT2D eigenvalue weighted by Gasteiger charge is 2.42. The predicted molar refractivity (Wildman–Crippen MR) is 68.1 cm³/mol. The van der Waals surface area contributed by atoms with E-state index in [1.165, 1.54) is 12.8 Å². The summed E-state index contributed by atoms with van der Waals surface area (Å²) < 4.78 is 10.9. The Hall–Kier alpha value is -0.540. The number of ether oxygens (including phenoxy) is 2. The molecule has 0 aromatic heterocycles. The van der Waals surface area contributed by atoms with Gasteiger partial charge in [-0.2, -0.15) is 0 Å². The maximum absolute atomic E-state index is 5.83. The Bertz CT molecular complexity index is 348. The van der Waals surface area contributed by atoms with Crippen molar-refractivity contribution in [3.8, 4) is 5.75 Å². The second-order valence-electron chi connectivity index (χ2n) is 4.50. The van der Waals surface area contributed by atoms with Crippen LogP contribution < -0.4 is 4.74 Å². The summed E-state index contributed by atoms with van der Waals surface area (Å²) >= 11 is 3.55. The summed E-state index contributed by atoms with van der Waals surface area (Å²) in [5.41, 5.74) is 1.56. The van der Waals surface area contributed by atoms with E-state index < -0.39 is 0 Å². The first-order valence-electron chi connectivity index (χ1n) is 5.55. The van der Waals surface area contributed by atoms with Crippen molar-refractivity contribution in [1.29, 1.82) is 0 Å². The van der Waals surface area contributed by atoms with Crippen molar-refractivity contribution in [2.24, 2.45) is 5.41 Å². The number of hydrogen-bond donors (Lipinski definition) is 0. The van der Waals surface area contributed by atoms with Gasteiger partial charge in [-0.15, -0.1) is 0 Å². The molecule has 0 heterocycles. The fourth-order valence-corrected chi connectivity index (χ4v) is 2.34. The summed E-state index contributed by atoms with van der Waals surface area (Å²) in [6.45, 7) is 1.45. The van der Waals surface area contributed by atoms with Gasteiger partial charge in [-0.1, -0.05) is 28.1 Å². The average Bonchev–Trinajstić information content (AvgIpc) is 3.08. The molecule has 1 saturated carbocycles. The molecule has 1 fully saturated rings. The highest BCUT2D eigenvalue weighted by molar-refractivity contribution is 9.09. The van der Waals surface area contributed by atoms with Crippen molar-refractivity contribution in [2.45, 2.75) is 19.4 Å². The standard InChI is InChI=1S/C13H17BrO2/c1-15-8-11-3-2-4-12(7-11)16-10-13(9-14)5-6-13/h2-4,7H,5-6,8-10H2,1H3. The van der Waals surface area contributed by atoms with Crippen LogP contribution in [-0.4, -0.2) is 19.0 Å². The number of alkyl halides is 1. The molecular weight excluding hydrogens is 268 g/mol. The fourth-order valence-electron chi connectivity index (χ4n) is 1.62. The quantitative estimate of drug-likeness (QED) is 0.746. The van der Waals surface area contributed by atoms with Gasteiger partial charge in [0.2, 0.25) is 0 Å². The van der Waals surface area contributed by atoms with Crippen molar-refractivity contribution in [1.82, 2.24) is 0 Å². The van der Waals surface area contributed by atoms with E-state index in [9.17, 15) is 0 Å². The Morgan fingerprint density at radius 3 is 2.81 bits per heavy atom. The maximum atomic E-state index is 5.83. The molecule has 0 atom stereocenters. The van der Waals surface area contributed by atoms with Gasteiger partial charge in [0.05, 0.1) is 13.2 Å². The first kappa shape index (κ1) is 11.9. The molecule has 0 aliphatic heterocycles. The van der Waals surface area contributed by atoms with Gasteiger partial charge in [0.1, 0.15) is 5.75 Å². The number of halogens is 1. The lowest BCUT2D eigenvalue weighted by Crippen LogP contribution is -2.14. The summed E-state index contributed by atoms with van der Waals surface area (Å²) in [4.78, 5) is 0. The van der Waals surface area contributed by atoms with Gasteiger partial charge in [-0.25, -0.2) is 0 Å². The van der Waals surface area contributed by atoms with Crippen molar-refractivity contribution in [3.63, 3.8) is 0 Å². The van der Waals surface area contributed by atoms with Gasteiger partial charge >= 0.3 is 0 Å². The summed E-state index contributed by atoms with van der Waals surface area (Å²) in [7, 11) is 1.71. The Morgan fingerprint density at radius 2 is 2.19 bits per heavy atom. The van der Waals surface area contributed by atoms with Crippen LogP contribution in [0.25, 0.3) is 0 Å². The van der Waals surface area contributed by atoms with E-state index in [-0.39, 0.29) is 0 Å². The molecule has 0 saturated heterocycles. The van der Waals surface area contributed by atoms with E-state index >= 15 is 0 Å². The van der Waals surface area contributed by atoms with Crippen LogP contribution in [0.3, 0.4) is 0 Å². The second kappa shape index (κ2) is 5.19. The van der Waals surface area contributed by atoms with E-state index in [1.54, 1.807) is 7.11 Å². The van der Waals surface area contributed by atoms with Crippen molar-refractivity contribution < 1.29 is 9.47 Å². The molecule has 0 unspecified atom stereocenters. The Balaban J connectivity index is 1.91. The fraction of sp³-hybridized carbons (Fsp3) is 0.538. The maximum Gasteiger partial charge on any atom is 0.119 e. The molecule has 2 rings (SSSR count). The predicted octanol–water partition coefficient (Wildman–Crippen LogP) is 3.39. The zero-order valence-electron chi connectivity index (χ0n) is 9.54. The van der Waals surface area contributed by atoms with E-state index in [4.69, 9.17) is 9.47 Å². The third-order valence-electron chi connectivity index (χ3n) is 3.00. The minimum Gasteiger partial charge on any atom is -0.493 e. The van der Waals surface area contributed by atoms with Gasteiger partial charge in [0, 0.05) is 17.9 Å². The Kier molecular flexibility index (Phi) is 3.87. The lowest BCUT2D eigenvalue weighted by molar-refractivity contribution is 0.184. The number of hydrogen-bond acceptors (Lipinski definition) is 2. The van der Waals surface area contributed by atoms with E-state index in [2.05, 4.69) is 15.9 Å². The van der Waals surface area contributed by atoms with Gasteiger partial charge in [-0.3, -0.25) is 0 Å². The van der Waals surface area contributed by atoms with E-state index in [1.807, 2.05) is 24.3 Å². The topological polar surface area (TPSA) is 18.5 Å². The highest BCUT2D eigenvalue weighted by Crippen LogP contribution is 2.47. The third kappa shape index (κ3) is 2.98. The summed E-state index contributed by atoms with van der Waals surface area (Å²) in [5, 5.41) is 1.04. The Morgan fingerprint density at radius 1 is 1.38 bits per heavy atom. The zero-order chi connectivity index (χ0) is 11.4. The molecule has 0 N–H and O–H groups in total. The van der Waals surface area contributed by atoms with Crippen LogP contribution in [0.15, 0.2) is 24.3 Å². The van der Waals surface area contributed by atoms with E-state index in [0.29, 0.717) is 12.0 Å². The third-order valence-corrected chi connectivity index (χ3v) is 4.18. The summed E-state index contributed by atoms with van der Waals surface area (Å²) in [6, 6.07) is 8.11. The van der Waals surface area contributed by atoms with Crippen LogP contribution in [-0.2, 0) is 11.3 Å². The van der Waals surface area contributed by atoms with Crippen LogP contribution >= 0.6 is 15.9 Å². The molecule has 1 aromatic rings. The highest BCUT2D eigenvalue weighted by atomic mass is 79.9. The second-order valence-corrected chi connectivity index (χ2v) is 5.06. The van der Waals surface area contributed by atoms with Crippen molar-refractivity contribution in [2.75, 3.05) is 19.0 Å². The van der Waals surface area contributed by atoms with Crippen LogP contribution in [0.4, 0.5) is 0 Å². The van der Waals surface area contributed by atoms with Gasteiger partial charge < -0.3 is 9.47 Å². The van der Waals surface area contributed by atoms with Crippen molar-refractivity contribution >= 4 is 15.9 Å². The van der Waals surface area contributed by atoms with Gasteiger partial charge in [-0.05, 0) is 30.5 Å². The summed E-state index contributed by atoms with van der Waals surface area (Å²) in [5.74, 6) is 0.946. The molecule has 3 heteroatoms. The molecule has 1 aliphatic rings. The molecule has 0 radical (unpaired) electrons. The van der Waals surface area contributed by atoms with Crippen LogP contribution in [0.2, 0.25) is 0 Å². The molecule has 1 aliphatic carbocycles. The molecule has 1 aromatic carbocycles. The molecule has 0 amide bonds. The van der Waals surface area contributed by atoms with Crippen molar-refractivity contribution in [3.05, 3.63) is 29.8 Å². The normalized spacial score (nSPS) is 17.1. The Labute approximate surface area is 105 Å². The van der Waals surface area contributed by atoms with Crippen LogP contribution in [0.1, 0.15) is 18.4 Å². The van der Waals surface area contributed by atoms with E-state index in [0.717, 1.165) is 23.2 Å². The average molecular weight is 285 g/mol. The minimum absolute atomic E-state index is 0.400. The number of rotatable bonds is 6. The molecule has 88 valence electrons. The summed E-state index contributed by atoms with van der Waals surface area (Å²) in [6.07, 6.45) is 2.55. The lowest BCUT2D eigenvalue weighted by Gasteiger charge is -2.13. The van der Waals surface area contributed by atoms with Crippen LogP contribution in [0.5, 0.6) is 5.75 Å². The first-order valence-corrected chi connectivity index (χ1v) is 6.67. The number of methoxy groups -OCH3 is 1. The SMILES string of the molecule is COCc1cccc(OCC2(CBr)CC2)c1. The number of benzene rings is 1. The minimum atomic E-state index is 0.400. The molecular formula is C13H17BrO2. The van der Waals surface area contributed by atoms with Gasteiger partial charge in [0.15, 0.2) is 0 Å². The monoisotopic (exact) mass is 284 g/mol. The van der Waals surface area contributed by atoms with Gasteiger partial charge in [0.25, 0.3) is 0 Å². The molecule has 0 spiro atoms. The zero-order valence-corrected chi connectivity index (χ0v) is 11.1. The first-order chi connectivity index (χ1) is 7.78. The lowest BCUT2D eigenvalue weighted by atomic mass is 10.2. The molecule has 16 heavy (non-hydrogen) atoms. The largest absolute Gasteiger partial charge is 0.493 e. The van der Waals surface area contributed by atoms with Crippen LogP contribution in [0, 0.1) is 5.41 Å². The molecule has 2 nitrogen and oxygen atoms in total. The smallest absolute Gasteiger partial charge is 0.119 e.